The normalized spacial score (nSPS) is 23.0. The molecule has 0 spiro atoms. The minimum atomic E-state index is 0.115. The predicted octanol–water partition coefficient (Wildman–Crippen LogP) is 2.33. The second-order valence-corrected chi connectivity index (χ2v) is 6.41. The Morgan fingerprint density at radius 3 is 2.80 bits per heavy atom. The van der Waals surface area contributed by atoms with E-state index in [1.165, 1.54) is 32.1 Å². The van der Waals surface area contributed by atoms with E-state index in [0.717, 1.165) is 18.4 Å². The number of ether oxygens (including phenoxy) is 1. The largest absolute Gasteiger partial charge is 0.383 e. The summed E-state index contributed by atoms with van der Waals surface area (Å²) in [6.45, 7) is 6.59. The minimum absolute atomic E-state index is 0.115. The van der Waals surface area contributed by atoms with Gasteiger partial charge in [0.2, 0.25) is 5.91 Å². The standard InChI is InChI=1S/C16H32N2O2/c1-13(2)11-14-5-4-6-15(12-14)17-8-7-16(19)18-9-10-20-3/h13-15,17H,4-12H2,1-3H3,(H,18,19). The van der Waals surface area contributed by atoms with Crippen LogP contribution in [0.3, 0.4) is 0 Å². The number of hydrogen-bond acceptors (Lipinski definition) is 3. The summed E-state index contributed by atoms with van der Waals surface area (Å²) in [5.41, 5.74) is 0. The maximum atomic E-state index is 11.6. The quantitative estimate of drug-likeness (QED) is 0.639. The smallest absolute Gasteiger partial charge is 0.221 e. The van der Waals surface area contributed by atoms with Crippen LogP contribution in [0.2, 0.25) is 0 Å². The molecule has 0 aromatic heterocycles. The summed E-state index contributed by atoms with van der Waals surface area (Å²) in [6, 6.07) is 0.610. The summed E-state index contributed by atoms with van der Waals surface area (Å²) < 4.78 is 4.90. The highest BCUT2D eigenvalue weighted by molar-refractivity contribution is 5.76. The van der Waals surface area contributed by atoms with E-state index >= 15 is 0 Å². The van der Waals surface area contributed by atoms with E-state index in [0.29, 0.717) is 25.6 Å². The van der Waals surface area contributed by atoms with Gasteiger partial charge in [0, 0.05) is 32.7 Å². The zero-order chi connectivity index (χ0) is 14.8. The summed E-state index contributed by atoms with van der Waals surface area (Å²) in [7, 11) is 1.64. The van der Waals surface area contributed by atoms with Crippen molar-refractivity contribution in [1.82, 2.24) is 10.6 Å². The van der Waals surface area contributed by atoms with Gasteiger partial charge in [-0.05, 0) is 31.1 Å². The molecule has 1 saturated carbocycles. The average molecular weight is 284 g/mol. The second kappa shape index (κ2) is 10.2. The Morgan fingerprint density at radius 1 is 1.30 bits per heavy atom. The number of nitrogens with one attached hydrogen (secondary N) is 2. The van der Waals surface area contributed by atoms with Crippen molar-refractivity contribution in [3.05, 3.63) is 0 Å². The topological polar surface area (TPSA) is 50.4 Å². The molecule has 20 heavy (non-hydrogen) atoms. The van der Waals surface area contributed by atoms with Gasteiger partial charge in [-0.1, -0.05) is 26.7 Å². The van der Waals surface area contributed by atoms with Crippen molar-refractivity contribution < 1.29 is 9.53 Å². The molecule has 118 valence electrons. The van der Waals surface area contributed by atoms with Crippen LogP contribution in [0.1, 0.15) is 52.4 Å². The van der Waals surface area contributed by atoms with Crippen LogP contribution >= 0.6 is 0 Å². The van der Waals surface area contributed by atoms with Gasteiger partial charge in [-0.25, -0.2) is 0 Å². The Bertz CT molecular complexity index is 269. The van der Waals surface area contributed by atoms with Gasteiger partial charge in [-0.3, -0.25) is 4.79 Å². The van der Waals surface area contributed by atoms with Crippen molar-refractivity contribution in [2.45, 2.75) is 58.4 Å². The van der Waals surface area contributed by atoms with Crippen molar-refractivity contribution in [2.24, 2.45) is 11.8 Å². The van der Waals surface area contributed by atoms with Crippen molar-refractivity contribution in [3.8, 4) is 0 Å². The molecular weight excluding hydrogens is 252 g/mol. The van der Waals surface area contributed by atoms with Gasteiger partial charge in [0.15, 0.2) is 0 Å². The first-order chi connectivity index (χ1) is 9.61. The Kier molecular flexibility index (Phi) is 8.86. The van der Waals surface area contributed by atoms with E-state index in [4.69, 9.17) is 4.74 Å². The fourth-order valence-electron chi connectivity index (χ4n) is 3.13. The molecule has 4 heteroatoms. The van der Waals surface area contributed by atoms with E-state index in [1.54, 1.807) is 7.11 Å². The molecule has 2 unspecified atom stereocenters. The fraction of sp³-hybridized carbons (Fsp3) is 0.938. The zero-order valence-electron chi connectivity index (χ0n) is 13.4. The van der Waals surface area contributed by atoms with Gasteiger partial charge in [0.05, 0.1) is 6.61 Å². The first-order valence-corrected chi connectivity index (χ1v) is 8.10. The van der Waals surface area contributed by atoms with E-state index in [9.17, 15) is 4.79 Å². The first-order valence-electron chi connectivity index (χ1n) is 8.10. The highest BCUT2D eigenvalue weighted by Crippen LogP contribution is 2.29. The van der Waals surface area contributed by atoms with Crippen LogP contribution in [-0.4, -0.2) is 38.8 Å². The molecule has 0 aliphatic heterocycles. The van der Waals surface area contributed by atoms with Crippen molar-refractivity contribution in [1.29, 1.82) is 0 Å². The molecule has 0 bridgehead atoms. The summed E-state index contributed by atoms with van der Waals surface area (Å²) in [5, 5.41) is 6.41. The summed E-state index contributed by atoms with van der Waals surface area (Å²) in [6.07, 6.45) is 7.16. The predicted molar refractivity (Wildman–Crippen MR) is 82.7 cm³/mol. The molecule has 0 heterocycles. The fourth-order valence-corrected chi connectivity index (χ4v) is 3.13. The van der Waals surface area contributed by atoms with Crippen LogP contribution in [0, 0.1) is 11.8 Å². The molecule has 0 aromatic carbocycles. The zero-order valence-corrected chi connectivity index (χ0v) is 13.4. The lowest BCUT2D eigenvalue weighted by atomic mass is 9.81. The lowest BCUT2D eigenvalue weighted by molar-refractivity contribution is -0.121. The Morgan fingerprint density at radius 2 is 2.10 bits per heavy atom. The summed E-state index contributed by atoms with van der Waals surface area (Å²) in [5.74, 6) is 1.78. The Labute approximate surface area is 124 Å². The van der Waals surface area contributed by atoms with Gasteiger partial charge in [0.25, 0.3) is 0 Å². The van der Waals surface area contributed by atoms with Crippen LogP contribution in [-0.2, 0) is 9.53 Å². The third kappa shape index (κ3) is 7.85. The van der Waals surface area contributed by atoms with Crippen LogP contribution in [0.5, 0.6) is 0 Å². The maximum Gasteiger partial charge on any atom is 0.221 e. The average Bonchev–Trinajstić information content (AvgIpc) is 2.39. The van der Waals surface area contributed by atoms with E-state index < -0.39 is 0 Å². The number of hydrogen-bond donors (Lipinski definition) is 2. The number of rotatable bonds is 9. The number of methoxy groups -OCH3 is 1. The molecule has 1 rings (SSSR count). The lowest BCUT2D eigenvalue weighted by Crippen LogP contribution is -2.37. The third-order valence-corrected chi connectivity index (χ3v) is 4.00. The Balaban J connectivity index is 2.10. The molecule has 4 nitrogen and oxygen atoms in total. The monoisotopic (exact) mass is 284 g/mol. The van der Waals surface area contributed by atoms with Gasteiger partial charge >= 0.3 is 0 Å². The first kappa shape index (κ1) is 17.4. The Hall–Kier alpha value is -0.610. The molecule has 0 radical (unpaired) electrons. The van der Waals surface area contributed by atoms with Crippen molar-refractivity contribution in [2.75, 3.05) is 26.8 Å². The molecule has 1 aliphatic carbocycles. The van der Waals surface area contributed by atoms with Gasteiger partial charge in [-0.2, -0.15) is 0 Å². The van der Waals surface area contributed by atoms with E-state index in [-0.39, 0.29) is 5.91 Å². The number of amides is 1. The SMILES string of the molecule is COCCNC(=O)CCNC1CCCC(CC(C)C)C1. The third-order valence-electron chi connectivity index (χ3n) is 4.00. The lowest BCUT2D eigenvalue weighted by Gasteiger charge is -2.30. The molecule has 0 aromatic rings. The van der Waals surface area contributed by atoms with Crippen molar-refractivity contribution >= 4 is 5.91 Å². The van der Waals surface area contributed by atoms with Gasteiger partial charge < -0.3 is 15.4 Å². The van der Waals surface area contributed by atoms with Gasteiger partial charge in [-0.15, -0.1) is 0 Å². The second-order valence-electron chi connectivity index (χ2n) is 6.41. The molecule has 0 saturated heterocycles. The van der Waals surface area contributed by atoms with Crippen LogP contribution in [0.25, 0.3) is 0 Å². The van der Waals surface area contributed by atoms with Crippen LogP contribution in [0.15, 0.2) is 0 Å². The molecule has 2 N–H and O–H groups in total. The molecule has 1 fully saturated rings. The molecule has 2 atom stereocenters. The van der Waals surface area contributed by atoms with Crippen LogP contribution in [0.4, 0.5) is 0 Å². The molecular formula is C16H32N2O2. The van der Waals surface area contributed by atoms with Crippen LogP contribution < -0.4 is 10.6 Å². The van der Waals surface area contributed by atoms with Crippen molar-refractivity contribution in [3.63, 3.8) is 0 Å². The number of carbonyl (C=O) groups excluding carboxylic acids is 1. The summed E-state index contributed by atoms with van der Waals surface area (Å²) >= 11 is 0. The maximum absolute atomic E-state index is 11.6. The highest BCUT2D eigenvalue weighted by atomic mass is 16.5. The highest BCUT2D eigenvalue weighted by Gasteiger charge is 2.22. The molecule has 1 amide bonds. The van der Waals surface area contributed by atoms with E-state index in [1.807, 2.05) is 0 Å². The van der Waals surface area contributed by atoms with E-state index in [2.05, 4.69) is 24.5 Å². The minimum Gasteiger partial charge on any atom is -0.383 e. The summed E-state index contributed by atoms with van der Waals surface area (Å²) in [4.78, 5) is 11.6. The number of carbonyl (C=O) groups is 1. The van der Waals surface area contributed by atoms with Gasteiger partial charge in [0.1, 0.15) is 0 Å². The molecule has 1 aliphatic rings.